The summed E-state index contributed by atoms with van der Waals surface area (Å²) in [5, 5.41) is 14.3. The summed E-state index contributed by atoms with van der Waals surface area (Å²) in [6.45, 7) is 10.5. The molecular formula is C21H32N4O4. The van der Waals surface area contributed by atoms with E-state index in [0.29, 0.717) is 44.2 Å². The van der Waals surface area contributed by atoms with Gasteiger partial charge in [0.15, 0.2) is 5.69 Å². The first-order valence-electron chi connectivity index (χ1n) is 10.7. The highest BCUT2D eigenvalue weighted by atomic mass is 16.5. The Morgan fingerprint density at radius 3 is 2.48 bits per heavy atom. The Labute approximate surface area is 171 Å². The van der Waals surface area contributed by atoms with Gasteiger partial charge in [-0.25, -0.2) is 0 Å². The SMILES string of the molecule is Cc1onc(C(=O)N2C[C@H]3CN(C(=O)C(C)C)C[C@@]3(CO)C2)c1CN1CCCC1. The number of hydrogen-bond acceptors (Lipinski definition) is 6. The first-order valence-corrected chi connectivity index (χ1v) is 10.7. The standard InChI is InChI=1S/C21H32N4O4/c1-14(2)19(27)24-8-16-9-25(12-21(16,11-24)13-26)20(28)18-17(15(3)29-22-18)10-23-6-4-5-7-23/h14,16,26H,4-13H2,1-3H3/t16-,21+/m1/s1. The number of nitrogens with zero attached hydrogens (tertiary/aromatic N) is 4. The fourth-order valence-electron chi connectivity index (χ4n) is 5.15. The number of hydrogen-bond donors (Lipinski definition) is 1. The van der Waals surface area contributed by atoms with Crippen LogP contribution in [0.5, 0.6) is 0 Å². The molecule has 1 aromatic rings. The van der Waals surface area contributed by atoms with E-state index >= 15 is 0 Å². The molecule has 29 heavy (non-hydrogen) atoms. The fourth-order valence-corrected chi connectivity index (χ4v) is 5.15. The zero-order valence-electron chi connectivity index (χ0n) is 17.7. The van der Waals surface area contributed by atoms with Crippen LogP contribution < -0.4 is 0 Å². The second-order valence-electron chi connectivity index (χ2n) is 9.33. The molecule has 0 saturated carbocycles. The normalized spacial score (nSPS) is 27.3. The maximum absolute atomic E-state index is 13.3. The third-order valence-electron chi connectivity index (χ3n) is 6.93. The molecule has 3 aliphatic heterocycles. The van der Waals surface area contributed by atoms with Crippen molar-refractivity contribution in [1.82, 2.24) is 19.9 Å². The second-order valence-corrected chi connectivity index (χ2v) is 9.33. The van der Waals surface area contributed by atoms with Gasteiger partial charge in [-0.2, -0.15) is 0 Å². The number of aliphatic hydroxyl groups is 1. The van der Waals surface area contributed by atoms with Crippen LogP contribution in [0.15, 0.2) is 4.52 Å². The van der Waals surface area contributed by atoms with Crippen LogP contribution >= 0.6 is 0 Å². The highest BCUT2D eigenvalue weighted by molar-refractivity contribution is 5.94. The van der Waals surface area contributed by atoms with Crippen molar-refractivity contribution in [2.75, 3.05) is 45.9 Å². The van der Waals surface area contributed by atoms with Gasteiger partial charge in [0, 0.05) is 55.5 Å². The summed E-state index contributed by atoms with van der Waals surface area (Å²) >= 11 is 0. The van der Waals surface area contributed by atoms with Crippen molar-refractivity contribution >= 4 is 11.8 Å². The highest BCUT2D eigenvalue weighted by Gasteiger charge is 2.54. The molecule has 0 unspecified atom stereocenters. The average Bonchev–Trinajstić information content (AvgIpc) is 3.45. The third-order valence-corrected chi connectivity index (χ3v) is 6.93. The summed E-state index contributed by atoms with van der Waals surface area (Å²) in [7, 11) is 0. The van der Waals surface area contributed by atoms with Gasteiger partial charge in [0.1, 0.15) is 5.76 Å². The van der Waals surface area contributed by atoms with E-state index < -0.39 is 5.41 Å². The van der Waals surface area contributed by atoms with Gasteiger partial charge in [-0.15, -0.1) is 0 Å². The Bertz CT molecular complexity index is 786. The van der Waals surface area contributed by atoms with Gasteiger partial charge in [-0.1, -0.05) is 19.0 Å². The van der Waals surface area contributed by atoms with Crippen LogP contribution in [0.4, 0.5) is 0 Å². The Balaban J connectivity index is 1.49. The molecule has 4 rings (SSSR count). The van der Waals surface area contributed by atoms with Gasteiger partial charge in [0.2, 0.25) is 5.91 Å². The van der Waals surface area contributed by atoms with Crippen molar-refractivity contribution in [3.63, 3.8) is 0 Å². The molecule has 3 saturated heterocycles. The smallest absolute Gasteiger partial charge is 0.276 e. The number of likely N-dealkylation sites (tertiary alicyclic amines) is 3. The van der Waals surface area contributed by atoms with Crippen LogP contribution in [0.2, 0.25) is 0 Å². The van der Waals surface area contributed by atoms with E-state index in [0.717, 1.165) is 18.7 Å². The molecule has 0 bridgehead atoms. The van der Waals surface area contributed by atoms with Crippen molar-refractivity contribution in [2.24, 2.45) is 17.3 Å². The Hall–Kier alpha value is -1.93. The second kappa shape index (κ2) is 7.72. The molecule has 1 aromatic heterocycles. The lowest BCUT2D eigenvalue weighted by Gasteiger charge is -2.27. The van der Waals surface area contributed by atoms with Gasteiger partial charge >= 0.3 is 0 Å². The van der Waals surface area contributed by atoms with E-state index in [1.165, 1.54) is 12.8 Å². The molecular weight excluding hydrogens is 372 g/mol. The number of carbonyl (C=O) groups is 2. The quantitative estimate of drug-likeness (QED) is 0.791. The number of carbonyl (C=O) groups excluding carboxylic acids is 2. The van der Waals surface area contributed by atoms with Crippen molar-refractivity contribution in [3.05, 3.63) is 17.0 Å². The lowest BCUT2D eigenvalue weighted by atomic mass is 9.82. The number of fused-ring (bicyclic) bond motifs is 1. The summed E-state index contributed by atoms with van der Waals surface area (Å²) in [5.74, 6) is 0.720. The molecule has 0 aromatic carbocycles. The van der Waals surface area contributed by atoms with Gasteiger partial charge in [0.25, 0.3) is 5.91 Å². The molecule has 8 heteroatoms. The van der Waals surface area contributed by atoms with Gasteiger partial charge in [-0.3, -0.25) is 14.5 Å². The van der Waals surface area contributed by atoms with Crippen molar-refractivity contribution in [1.29, 1.82) is 0 Å². The maximum atomic E-state index is 13.3. The van der Waals surface area contributed by atoms with Crippen molar-refractivity contribution < 1.29 is 19.2 Å². The summed E-state index contributed by atoms with van der Waals surface area (Å²) in [6.07, 6.45) is 2.37. The van der Waals surface area contributed by atoms with Crippen molar-refractivity contribution in [2.45, 2.75) is 40.2 Å². The zero-order valence-corrected chi connectivity index (χ0v) is 17.7. The molecule has 160 valence electrons. The van der Waals surface area contributed by atoms with E-state index in [9.17, 15) is 14.7 Å². The van der Waals surface area contributed by atoms with Gasteiger partial charge in [-0.05, 0) is 32.9 Å². The lowest BCUT2D eigenvalue weighted by molar-refractivity contribution is -0.134. The fraction of sp³-hybridized carbons (Fsp3) is 0.762. The predicted molar refractivity (Wildman–Crippen MR) is 106 cm³/mol. The number of rotatable bonds is 5. The minimum Gasteiger partial charge on any atom is -0.396 e. The summed E-state index contributed by atoms with van der Waals surface area (Å²) in [6, 6.07) is 0. The summed E-state index contributed by atoms with van der Waals surface area (Å²) in [5.41, 5.74) is 0.842. The highest BCUT2D eigenvalue weighted by Crippen LogP contribution is 2.43. The molecule has 0 radical (unpaired) electrons. The molecule has 0 spiro atoms. The third kappa shape index (κ3) is 3.57. The van der Waals surface area contributed by atoms with Gasteiger partial charge in [0.05, 0.1) is 6.61 Å². The van der Waals surface area contributed by atoms with Crippen LogP contribution in [0.3, 0.4) is 0 Å². The van der Waals surface area contributed by atoms with E-state index in [2.05, 4.69) is 10.1 Å². The minimum absolute atomic E-state index is 0.0260. The van der Waals surface area contributed by atoms with E-state index in [4.69, 9.17) is 4.52 Å². The topological polar surface area (TPSA) is 90.1 Å². The molecule has 1 N–H and O–H groups in total. The van der Waals surface area contributed by atoms with Crippen molar-refractivity contribution in [3.8, 4) is 0 Å². The van der Waals surface area contributed by atoms with E-state index in [1.54, 1.807) is 4.90 Å². The van der Waals surface area contributed by atoms with Crippen LogP contribution in [0, 0.1) is 24.2 Å². The molecule has 2 atom stereocenters. The average molecular weight is 405 g/mol. The Kier molecular flexibility index (Phi) is 5.42. The largest absolute Gasteiger partial charge is 0.396 e. The van der Waals surface area contributed by atoms with Crippen LogP contribution in [-0.2, 0) is 11.3 Å². The predicted octanol–water partition coefficient (Wildman–Crippen LogP) is 1.13. The molecule has 3 aliphatic rings. The number of amides is 2. The first kappa shape index (κ1) is 20.3. The van der Waals surface area contributed by atoms with E-state index in [-0.39, 0.29) is 30.3 Å². The Morgan fingerprint density at radius 1 is 1.21 bits per heavy atom. The molecule has 8 nitrogen and oxygen atoms in total. The maximum Gasteiger partial charge on any atom is 0.276 e. The number of aryl methyl sites for hydroxylation is 1. The number of aliphatic hydroxyl groups excluding tert-OH is 1. The van der Waals surface area contributed by atoms with Crippen LogP contribution in [0.25, 0.3) is 0 Å². The lowest BCUT2D eigenvalue weighted by Crippen LogP contribution is -2.41. The minimum atomic E-state index is -0.436. The molecule has 0 aliphatic carbocycles. The first-order chi connectivity index (χ1) is 13.8. The number of aromatic nitrogens is 1. The summed E-state index contributed by atoms with van der Waals surface area (Å²) < 4.78 is 5.38. The monoisotopic (exact) mass is 404 g/mol. The molecule has 3 fully saturated rings. The van der Waals surface area contributed by atoms with E-state index in [1.807, 2.05) is 25.7 Å². The van der Waals surface area contributed by atoms with Gasteiger partial charge < -0.3 is 19.4 Å². The molecule has 2 amide bonds. The summed E-state index contributed by atoms with van der Waals surface area (Å²) in [4.78, 5) is 31.7. The van der Waals surface area contributed by atoms with Crippen LogP contribution in [0.1, 0.15) is 48.5 Å². The zero-order chi connectivity index (χ0) is 20.8. The van der Waals surface area contributed by atoms with Crippen LogP contribution in [-0.4, -0.2) is 82.7 Å². The molecule has 4 heterocycles. The Morgan fingerprint density at radius 2 is 1.86 bits per heavy atom.